The van der Waals surface area contributed by atoms with Gasteiger partial charge < -0.3 is 10.1 Å². The zero-order chi connectivity index (χ0) is 17.6. The maximum atomic E-state index is 13.3. The highest BCUT2D eigenvalue weighted by atomic mass is 19.4. The third-order valence-corrected chi connectivity index (χ3v) is 3.21. The minimum absolute atomic E-state index is 0.0182. The minimum Gasteiger partial charge on any atom is -0.481 e. The van der Waals surface area contributed by atoms with Gasteiger partial charge in [-0.1, -0.05) is 24.3 Å². The Bertz CT molecular complexity index is 684. The first-order valence-electron chi connectivity index (χ1n) is 7.16. The van der Waals surface area contributed by atoms with Crippen molar-refractivity contribution in [3.8, 4) is 5.75 Å². The molecule has 0 spiro atoms. The summed E-state index contributed by atoms with van der Waals surface area (Å²) in [6.45, 7) is -0.0984. The molecule has 0 unspecified atom stereocenters. The van der Waals surface area contributed by atoms with E-state index in [1.165, 1.54) is 30.3 Å². The highest BCUT2D eigenvalue weighted by Crippen LogP contribution is 2.29. The Labute approximate surface area is 136 Å². The Hall–Kier alpha value is -2.57. The van der Waals surface area contributed by atoms with Crippen molar-refractivity contribution >= 4 is 5.91 Å². The Morgan fingerprint density at radius 1 is 1.04 bits per heavy atom. The molecule has 2 aromatic rings. The molecule has 0 saturated carbocycles. The molecule has 3 nitrogen and oxygen atoms in total. The summed E-state index contributed by atoms with van der Waals surface area (Å²) in [4.78, 5) is 11.6. The first-order valence-corrected chi connectivity index (χ1v) is 7.16. The molecule has 128 valence electrons. The zero-order valence-electron chi connectivity index (χ0n) is 12.6. The summed E-state index contributed by atoms with van der Waals surface area (Å²) >= 11 is 0. The maximum Gasteiger partial charge on any atom is 0.416 e. The number of rotatable bonds is 6. The first-order chi connectivity index (χ1) is 11.4. The van der Waals surface area contributed by atoms with Crippen LogP contribution in [0.15, 0.2) is 48.5 Å². The number of carbonyl (C=O) groups is 1. The van der Waals surface area contributed by atoms with Gasteiger partial charge in [0.05, 0.1) is 5.56 Å². The SMILES string of the molecule is O=C(COc1ccccc1F)NCCc1ccc(C(F)(F)F)cc1. The summed E-state index contributed by atoms with van der Waals surface area (Å²) in [5.41, 5.74) is -0.0492. The molecular weight excluding hydrogens is 326 g/mol. The predicted molar refractivity (Wildman–Crippen MR) is 80.1 cm³/mol. The van der Waals surface area contributed by atoms with E-state index in [9.17, 15) is 22.4 Å². The van der Waals surface area contributed by atoms with Crippen molar-refractivity contribution in [1.29, 1.82) is 0 Å². The topological polar surface area (TPSA) is 38.3 Å². The second-order valence-electron chi connectivity index (χ2n) is 5.01. The molecule has 1 N–H and O–H groups in total. The number of hydrogen-bond acceptors (Lipinski definition) is 2. The van der Waals surface area contributed by atoms with E-state index >= 15 is 0 Å². The van der Waals surface area contributed by atoms with E-state index in [-0.39, 0.29) is 18.9 Å². The van der Waals surface area contributed by atoms with E-state index in [1.807, 2.05) is 0 Å². The number of ether oxygens (including phenoxy) is 1. The maximum absolute atomic E-state index is 13.3. The van der Waals surface area contributed by atoms with E-state index < -0.39 is 23.5 Å². The predicted octanol–water partition coefficient (Wildman–Crippen LogP) is 3.58. The molecule has 2 aromatic carbocycles. The molecule has 0 aliphatic carbocycles. The van der Waals surface area contributed by atoms with E-state index in [0.29, 0.717) is 12.0 Å². The highest BCUT2D eigenvalue weighted by molar-refractivity contribution is 5.77. The number of nitrogens with one attached hydrogen (secondary N) is 1. The molecule has 0 heterocycles. The Morgan fingerprint density at radius 2 is 1.71 bits per heavy atom. The van der Waals surface area contributed by atoms with E-state index in [4.69, 9.17) is 4.74 Å². The van der Waals surface area contributed by atoms with Gasteiger partial charge in [0.15, 0.2) is 18.2 Å². The minimum atomic E-state index is -4.36. The van der Waals surface area contributed by atoms with E-state index in [0.717, 1.165) is 12.1 Å². The average Bonchev–Trinajstić information content (AvgIpc) is 2.54. The van der Waals surface area contributed by atoms with Gasteiger partial charge >= 0.3 is 6.18 Å². The number of hydrogen-bond donors (Lipinski definition) is 1. The highest BCUT2D eigenvalue weighted by Gasteiger charge is 2.29. The number of para-hydroxylation sites is 1. The standard InChI is InChI=1S/C17H15F4NO2/c18-14-3-1-2-4-15(14)24-11-16(23)22-10-9-12-5-7-13(8-6-12)17(19,20)21/h1-8H,9-11H2,(H,22,23). The van der Waals surface area contributed by atoms with Gasteiger partial charge in [0.25, 0.3) is 5.91 Å². The zero-order valence-corrected chi connectivity index (χ0v) is 12.6. The summed E-state index contributed by atoms with van der Waals surface area (Å²) in [6, 6.07) is 10.4. The van der Waals surface area contributed by atoms with Crippen molar-refractivity contribution in [3.63, 3.8) is 0 Å². The first kappa shape index (κ1) is 17.8. The fraction of sp³-hybridized carbons (Fsp3) is 0.235. The number of carbonyl (C=O) groups excluding carboxylic acids is 1. The van der Waals surface area contributed by atoms with Gasteiger partial charge in [0, 0.05) is 6.54 Å². The van der Waals surface area contributed by atoms with Crippen LogP contribution in [-0.4, -0.2) is 19.1 Å². The molecule has 0 bridgehead atoms. The molecule has 0 radical (unpaired) electrons. The third-order valence-electron chi connectivity index (χ3n) is 3.21. The van der Waals surface area contributed by atoms with Crippen LogP contribution in [0.4, 0.5) is 17.6 Å². The summed E-state index contributed by atoms with van der Waals surface area (Å²) < 4.78 is 55.6. The molecule has 0 aliphatic rings. The van der Waals surface area contributed by atoms with Crippen molar-refractivity contribution < 1.29 is 27.1 Å². The normalized spacial score (nSPS) is 11.2. The lowest BCUT2D eigenvalue weighted by Crippen LogP contribution is -2.30. The van der Waals surface area contributed by atoms with Crippen LogP contribution in [0.5, 0.6) is 5.75 Å². The van der Waals surface area contributed by atoms with Crippen LogP contribution in [0.3, 0.4) is 0 Å². The lowest BCUT2D eigenvalue weighted by atomic mass is 10.1. The van der Waals surface area contributed by atoms with Crippen molar-refractivity contribution in [1.82, 2.24) is 5.32 Å². The van der Waals surface area contributed by atoms with Crippen LogP contribution in [0.25, 0.3) is 0 Å². The summed E-state index contributed by atoms with van der Waals surface area (Å²) in [5, 5.41) is 2.56. The molecule has 2 rings (SSSR count). The summed E-state index contributed by atoms with van der Waals surface area (Å²) in [5.74, 6) is -1.02. The van der Waals surface area contributed by atoms with Gasteiger partial charge in [-0.05, 0) is 36.2 Å². The smallest absolute Gasteiger partial charge is 0.416 e. The molecular formula is C17H15F4NO2. The average molecular weight is 341 g/mol. The molecule has 0 aliphatic heterocycles. The van der Waals surface area contributed by atoms with Gasteiger partial charge in [-0.2, -0.15) is 13.2 Å². The quantitative estimate of drug-likeness (QED) is 0.816. The second-order valence-corrected chi connectivity index (χ2v) is 5.01. The number of alkyl halides is 3. The molecule has 0 aromatic heterocycles. The van der Waals surface area contributed by atoms with Gasteiger partial charge in [0.1, 0.15) is 0 Å². The molecule has 0 atom stereocenters. The molecule has 0 fully saturated rings. The summed E-state index contributed by atoms with van der Waals surface area (Å²) in [7, 11) is 0. The summed E-state index contributed by atoms with van der Waals surface area (Å²) in [6.07, 6.45) is -3.99. The largest absolute Gasteiger partial charge is 0.481 e. The molecule has 7 heteroatoms. The van der Waals surface area contributed by atoms with Crippen molar-refractivity contribution in [2.75, 3.05) is 13.2 Å². The number of benzene rings is 2. The van der Waals surface area contributed by atoms with Crippen LogP contribution in [-0.2, 0) is 17.4 Å². The Balaban J connectivity index is 1.74. The second kappa shape index (κ2) is 7.81. The Morgan fingerprint density at radius 3 is 2.33 bits per heavy atom. The molecule has 1 amide bonds. The monoisotopic (exact) mass is 341 g/mol. The molecule has 24 heavy (non-hydrogen) atoms. The van der Waals surface area contributed by atoms with Gasteiger partial charge in [-0.25, -0.2) is 4.39 Å². The molecule has 0 saturated heterocycles. The van der Waals surface area contributed by atoms with Crippen LogP contribution in [0.1, 0.15) is 11.1 Å². The van der Waals surface area contributed by atoms with Crippen LogP contribution in [0.2, 0.25) is 0 Å². The van der Waals surface area contributed by atoms with E-state index in [2.05, 4.69) is 5.32 Å². The Kier molecular flexibility index (Phi) is 5.78. The third kappa shape index (κ3) is 5.26. The fourth-order valence-electron chi connectivity index (χ4n) is 1.96. The van der Waals surface area contributed by atoms with Crippen molar-refractivity contribution in [2.45, 2.75) is 12.6 Å². The van der Waals surface area contributed by atoms with Gasteiger partial charge in [0.2, 0.25) is 0 Å². The van der Waals surface area contributed by atoms with Gasteiger partial charge in [-0.3, -0.25) is 4.79 Å². The lowest BCUT2D eigenvalue weighted by molar-refractivity contribution is -0.137. The van der Waals surface area contributed by atoms with Crippen molar-refractivity contribution in [3.05, 3.63) is 65.5 Å². The van der Waals surface area contributed by atoms with Gasteiger partial charge in [-0.15, -0.1) is 0 Å². The number of amides is 1. The van der Waals surface area contributed by atoms with Crippen LogP contribution >= 0.6 is 0 Å². The fourth-order valence-corrected chi connectivity index (χ4v) is 1.96. The van der Waals surface area contributed by atoms with Crippen LogP contribution in [0, 0.1) is 5.82 Å². The van der Waals surface area contributed by atoms with E-state index in [1.54, 1.807) is 6.07 Å². The van der Waals surface area contributed by atoms with Crippen LogP contribution < -0.4 is 10.1 Å². The lowest BCUT2D eigenvalue weighted by Gasteiger charge is -2.09. The van der Waals surface area contributed by atoms with Crippen molar-refractivity contribution in [2.24, 2.45) is 0 Å². The number of halogens is 4.